The van der Waals surface area contributed by atoms with Gasteiger partial charge in [-0.3, -0.25) is 4.79 Å². The maximum atomic E-state index is 12.8. The minimum Gasteiger partial charge on any atom is -0.464 e. The molecule has 2 N–H and O–H groups in total. The number of anilines is 2. The maximum Gasteiger partial charge on any atom is 0.270 e. The summed E-state index contributed by atoms with van der Waals surface area (Å²) in [4.78, 5) is 17.4. The molecule has 4 rings (SSSR count). The van der Waals surface area contributed by atoms with E-state index >= 15 is 0 Å². The van der Waals surface area contributed by atoms with E-state index in [-0.39, 0.29) is 11.9 Å². The SMILES string of the molecule is Cc1cc(Nc2nc(C(=O)NC(C)c3ccccc3)cc3occc23)ccc1Br. The summed E-state index contributed by atoms with van der Waals surface area (Å²) in [6.45, 7) is 3.97. The lowest BCUT2D eigenvalue weighted by atomic mass is 10.1. The van der Waals surface area contributed by atoms with E-state index in [1.165, 1.54) is 0 Å². The maximum absolute atomic E-state index is 12.8. The standard InChI is InChI=1S/C23H20BrN3O2/c1-14-12-17(8-9-19(14)24)26-22-18-10-11-29-21(18)13-20(27-22)23(28)25-15(2)16-6-4-3-5-7-16/h3-13,15H,1-2H3,(H,25,28)(H,26,27). The molecule has 6 heteroatoms. The number of benzene rings is 2. The molecule has 0 fully saturated rings. The number of pyridine rings is 1. The molecule has 0 aliphatic rings. The number of amides is 1. The predicted molar refractivity (Wildman–Crippen MR) is 118 cm³/mol. The number of aryl methyl sites for hydroxylation is 1. The molecule has 2 heterocycles. The van der Waals surface area contributed by atoms with Crippen LogP contribution in [0.1, 0.15) is 34.6 Å². The number of halogens is 1. The molecule has 0 radical (unpaired) electrons. The molecule has 2 aromatic heterocycles. The van der Waals surface area contributed by atoms with Crippen LogP contribution in [0.15, 0.2) is 75.8 Å². The number of hydrogen-bond acceptors (Lipinski definition) is 4. The van der Waals surface area contributed by atoms with Crippen molar-refractivity contribution in [3.8, 4) is 0 Å². The lowest BCUT2D eigenvalue weighted by Crippen LogP contribution is -2.27. The number of nitrogens with zero attached hydrogens (tertiary/aromatic N) is 1. The van der Waals surface area contributed by atoms with Crippen LogP contribution >= 0.6 is 15.9 Å². The number of carbonyl (C=O) groups excluding carboxylic acids is 1. The Morgan fingerprint density at radius 2 is 1.90 bits per heavy atom. The molecule has 0 aliphatic carbocycles. The van der Waals surface area contributed by atoms with Crippen LogP contribution in [-0.4, -0.2) is 10.9 Å². The fourth-order valence-electron chi connectivity index (χ4n) is 3.13. The number of furan rings is 1. The van der Waals surface area contributed by atoms with E-state index in [0.717, 1.165) is 26.7 Å². The molecule has 29 heavy (non-hydrogen) atoms. The fraction of sp³-hybridized carbons (Fsp3) is 0.130. The van der Waals surface area contributed by atoms with Crippen molar-refractivity contribution >= 4 is 44.3 Å². The highest BCUT2D eigenvalue weighted by molar-refractivity contribution is 9.10. The van der Waals surface area contributed by atoms with Gasteiger partial charge in [0.05, 0.1) is 17.7 Å². The highest BCUT2D eigenvalue weighted by Gasteiger charge is 2.17. The zero-order chi connectivity index (χ0) is 20.4. The van der Waals surface area contributed by atoms with Crippen LogP contribution in [0, 0.1) is 6.92 Å². The molecule has 2 aromatic carbocycles. The number of rotatable bonds is 5. The fourth-order valence-corrected chi connectivity index (χ4v) is 3.38. The first kappa shape index (κ1) is 19.2. The van der Waals surface area contributed by atoms with Gasteiger partial charge in [0.25, 0.3) is 5.91 Å². The Bertz CT molecular complexity index is 1170. The second-order valence-electron chi connectivity index (χ2n) is 6.88. The van der Waals surface area contributed by atoms with Crippen molar-refractivity contribution in [3.05, 3.63) is 88.2 Å². The van der Waals surface area contributed by atoms with E-state index in [4.69, 9.17) is 4.42 Å². The van der Waals surface area contributed by atoms with Gasteiger partial charge in [-0.1, -0.05) is 46.3 Å². The third-order valence-electron chi connectivity index (χ3n) is 4.75. The van der Waals surface area contributed by atoms with Crippen LogP contribution in [0.4, 0.5) is 11.5 Å². The van der Waals surface area contributed by atoms with Gasteiger partial charge in [0, 0.05) is 16.2 Å². The Kier molecular flexibility index (Phi) is 5.36. The summed E-state index contributed by atoms with van der Waals surface area (Å²) in [5, 5.41) is 7.13. The Morgan fingerprint density at radius 3 is 2.66 bits per heavy atom. The Morgan fingerprint density at radius 1 is 1.10 bits per heavy atom. The number of nitrogens with one attached hydrogen (secondary N) is 2. The largest absolute Gasteiger partial charge is 0.464 e. The Labute approximate surface area is 177 Å². The van der Waals surface area contributed by atoms with Gasteiger partial charge in [-0.05, 0) is 49.2 Å². The average Bonchev–Trinajstić information content (AvgIpc) is 3.20. The van der Waals surface area contributed by atoms with Crippen LogP contribution in [0.2, 0.25) is 0 Å². The predicted octanol–water partition coefficient (Wildman–Crippen LogP) is 6.13. The Balaban J connectivity index is 1.63. The van der Waals surface area contributed by atoms with E-state index in [9.17, 15) is 4.79 Å². The van der Waals surface area contributed by atoms with Gasteiger partial charge in [-0.2, -0.15) is 0 Å². The van der Waals surface area contributed by atoms with E-state index in [1.54, 1.807) is 12.3 Å². The second kappa shape index (κ2) is 8.09. The first-order chi connectivity index (χ1) is 14.0. The van der Waals surface area contributed by atoms with Crippen molar-refractivity contribution in [2.45, 2.75) is 19.9 Å². The number of carbonyl (C=O) groups is 1. The molecule has 5 nitrogen and oxygen atoms in total. The number of hydrogen-bond donors (Lipinski definition) is 2. The van der Waals surface area contributed by atoms with Gasteiger partial charge >= 0.3 is 0 Å². The van der Waals surface area contributed by atoms with Crippen molar-refractivity contribution < 1.29 is 9.21 Å². The zero-order valence-corrected chi connectivity index (χ0v) is 17.7. The molecule has 0 aliphatic heterocycles. The lowest BCUT2D eigenvalue weighted by molar-refractivity contribution is 0.0935. The van der Waals surface area contributed by atoms with Crippen LogP contribution < -0.4 is 10.6 Å². The minimum absolute atomic E-state index is 0.136. The van der Waals surface area contributed by atoms with Crippen molar-refractivity contribution in [2.75, 3.05) is 5.32 Å². The molecule has 0 bridgehead atoms. The first-order valence-electron chi connectivity index (χ1n) is 9.28. The third-order valence-corrected chi connectivity index (χ3v) is 5.64. The van der Waals surface area contributed by atoms with Gasteiger partial charge in [-0.15, -0.1) is 0 Å². The van der Waals surface area contributed by atoms with Crippen LogP contribution in [0.25, 0.3) is 11.0 Å². The van der Waals surface area contributed by atoms with Crippen molar-refractivity contribution in [1.29, 1.82) is 0 Å². The molecular weight excluding hydrogens is 430 g/mol. The zero-order valence-electron chi connectivity index (χ0n) is 16.1. The smallest absolute Gasteiger partial charge is 0.270 e. The molecule has 0 saturated carbocycles. The third kappa shape index (κ3) is 4.17. The van der Waals surface area contributed by atoms with Crippen LogP contribution in [0.5, 0.6) is 0 Å². The van der Waals surface area contributed by atoms with Crippen LogP contribution in [0.3, 0.4) is 0 Å². The number of aromatic nitrogens is 1. The molecular formula is C23H20BrN3O2. The summed E-state index contributed by atoms with van der Waals surface area (Å²) >= 11 is 3.51. The molecule has 1 atom stereocenters. The molecule has 0 spiro atoms. The summed E-state index contributed by atoms with van der Waals surface area (Å²) < 4.78 is 6.59. The molecule has 1 unspecified atom stereocenters. The van der Waals surface area contributed by atoms with Crippen molar-refractivity contribution in [2.24, 2.45) is 0 Å². The van der Waals surface area contributed by atoms with Crippen LogP contribution in [-0.2, 0) is 0 Å². The van der Waals surface area contributed by atoms with E-state index in [1.807, 2.05) is 68.4 Å². The summed E-state index contributed by atoms with van der Waals surface area (Å²) in [6, 6.07) is 19.1. The topological polar surface area (TPSA) is 67.2 Å². The summed E-state index contributed by atoms with van der Waals surface area (Å²) in [5.74, 6) is 0.324. The van der Waals surface area contributed by atoms with Crippen molar-refractivity contribution in [3.63, 3.8) is 0 Å². The normalized spacial score (nSPS) is 12.0. The van der Waals surface area contributed by atoms with Gasteiger partial charge in [0.2, 0.25) is 0 Å². The quantitative estimate of drug-likeness (QED) is 0.384. The minimum atomic E-state index is -0.255. The average molecular weight is 450 g/mol. The highest BCUT2D eigenvalue weighted by Crippen LogP contribution is 2.28. The van der Waals surface area contributed by atoms with E-state index in [2.05, 4.69) is 31.5 Å². The molecule has 1 amide bonds. The second-order valence-corrected chi connectivity index (χ2v) is 7.74. The van der Waals surface area contributed by atoms with Gasteiger partial charge in [-0.25, -0.2) is 4.98 Å². The van der Waals surface area contributed by atoms with Gasteiger partial charge in [0.15, 0.2) is 0 Å². The van der Waals surface area contributed by atoms with E-state index in [0.29, 0.717) is 17.1 Å². The molecule has 4 aromatic rings. The molecule has 0 saturated heterocycles. The van der Waals surface area contributed by atoms with E-state index < -0.39 is 0 Å². The van der Waals surface area contributed by atoms with Gasteiger partial charge in [0.1, 0.15) is 17.1 Å². The van der Waals surface area contributed by atoms with Crippen molar-refractivity contribution in [1.82, 2.24) is 10.3 Å². The summed E-state index contributed by atoms with van der Waals surface area (Å²) in [7, 11) is 0. The summed E-state index contributed by atoms with van der Waals surface area (Å²) in [5.41, 5.74) is 3.92. The first-order valence-corrected chi connectivity index (χ1v) is 10.1. The summed E-state index contributed by atoms with van der Waals surface area (Å²) in [6.07, 6.45) is 1.60. The Hall–Kier alpha value is -3.12. The lowest BCUT2D eigenvalue weighted by Gasteiger charge is -2.15. The van der Waals surface area contributed by atoms with Gasteiger partial charge < -0.3 is 15.1 Å². The highest BCUT2D eigenvalue weighted by atomic mass is 79.9. The molecule has 146 valence electrons. The number of fused-ring (bicyclic) bond motifs is 1. The monoisotopic (exact) mass is 449 g/mol.